The van der Waals surface area contributed by atoms with E-state index in [0.29, 0.717) is 0 Å². The van der Waals surface area contributed by atoms with Crippen LogP contribution >= 0.6 is 0 Å². The summed E-state index contributed by atoms with van der Waals surface area (Å²) in [6, 6.07) is 0. The first-order valence-electron chi connectivity index (χ1n) is 5.27. The maximum absolute atomic E-state index is 3.70. The van der Waals surface area contributed by atoms with Crippen LogP contribution in [-0.4, -0.2) is 0 Å². The number of rotatable bonds is 4. The zero-order chi connectivity index (χ0) is 10.7. The van der Waals surface area contributed by atoms with Crippen molar-refractivity contribution in [2.45, 2.75) is 54.9 Å². The first-order chi connectivity index (χ1) is 6.29. The van der Waals surface area contributed by atoms with Gasteiger partial charge in [-0.1, -0.05) is 59.9 Å². The fourth-order valence-corrected chi connectivity index (χ4v) is 1.21. The van der Waals surface area contributed by atoms with Crippen LogP contribution in [0, 0.1) is 0 Å². The first-order valence-corrected chi connectivity index (χ1v) is 5.27. The summed E-state index contributed by atoms with van der Waals surface area (Å²) in [5, 5.41) is 0. The zero-order valence-corrected chi connectivity index (χ0v) is 9.85. The molecule has 0 aromatic heterocycles. The average molecular weight is 196 g/mol. The molecule has 0 atom stereocenters. The minimum absolute atomic E-state index is 0. The highest BCUT2D eigenvalue weighted by Gasteiger charge is 1.96. The second-order valence-electron chi connectivity index (χ2n) is 2.45. The Bertz CT molecular complexity index is 170. The van der Waals surface area contributed by atoms with Crippen molar-refractivity contribution in [2.75, 3.05) is 0 Å². The Morgan fingerprint density at radius 3 is 1.71 bits per heavy atom. The van der Waals surface area contributed by atoms with Crippen molar-refractivity contribution in [1.29, 1.82) is 0 Å². The smallest absolute Gasteiger partial charge is 0.0305 e. The third-order valence-electron chi connectivity index (χ3n) is 1.84. The zero-order valence-electron chi connectivity index (χ0n) is 9.85. The van der Waals surface area contributed by atoms with E-state index in [0.717, 1.165) is 12.8 Å². The molecule has 0 aliphatic carbocycles. The highest BCUT2D eigenvalue weighted by atomic mass is 14.0. The average Bonchev–Trinajstić information content (AvgIpc) is 2.21. The van der Waals surface area contributed by atoms with Gasteiger partial charge in [0.15, 0.2) is 0 Å². The van der Waals surface area contributed by atoms with Crippen LogP contribution in [0.5, 0.6) is 0 Å². The van der Waals surface area contributed by atoms with Crippen LogP contribution in [-0.2, 0) is 0 Å². The second kappa shape index (κ2) is 14.7. The van der Waals surface area contributed by atoms with Crippen LogP contribution in [0.2, 0.25) is 0 Å². The van der Waals surface area contributed by atoms with Gasteiger partial charge < -0.3 is 0 Å². The quantitative estimate of drug-likeness (QED) is 0.519. The molecule has 0 aromatic carbocycles. The third-order valence-corrected chi connectivity index (χ3v) is 1.84. The van der Waals surface area contributed by atoms with E-state index < -0.39 is 0 Å². The minimum atomic E-state index is 0. The molecular weight excluding hydrogens is 168 g/mol. The van der Waals surface area contributed by atoms with Crippen molar-refractivity contribution in [2.24, 2.45) is 0 Å². The van der Waals surface area contributed by atoms with Gasteiger partial charge in [-0.2, -0.15) is 0 Å². The summed E-state index contributed by atoms with van der Waals surface area (Å²) < 4.78 is 0. The molecule has 0 fully saturated rings. The summed E-state index contributed by atoms with van der Waals surface area (Å²) in [6.45, 7) is 14.1. The topological polar surface area (TPSA) is 0 Å². The molecule has 0 aliphatic heterocycles. The summed E-state index contributed by atoms with van der Waals surface area (Å²) in [5.74, 6) is 0. The Hall–Kier alpha value is -0.780. The predicted molar refractivity (Wildman–Crippen MR) is 70.7 cm³/mol. The van der Waals surface area contributed by atoms with E-state index in [1.807, 2.05) is 19.9 Å². The molecule has 0 saturated heterocycles. The molecule has 0 radical (unpaired) electrons. The summed E-state index contributed by atoms with van der Waals surface area (Å²) >= 11 is 0. The Morgan fingerprint density at radius 2 is 1.50 bits per heavy atom. The normalized spacial score (nSPS) is 10.9. The van der Waals surface area contributed by atoms with Gasteiger partial charge in [0.25, 0.3) is 0 Å². The van der Waals surface area contributed by atoms with E-state index in [-0.39, 0.29) is 7.43 Å². The van der Waals surface area contributed by atoms with Crippen LogP contribution in [0.3, 0.4) is 0 Å². The minimum Gasteiger partial charge on any atom is -0.0991 e. The molecule has 0 amide bonds. The largest absolute Gasteiger partial charge is 0.0991 e. The van der Waals surface area contributed by atoms with Crippen LogP contribution in [0.4, 0.5) is 0 Å². The van der Waals surface area contributed by atoms with Gasteiger partial charge in [0.2, 0.25) is 0 Å². The van der Waals surface area contributed by atoms with E-state index in [4.69, 9.17) is 0 Å². The lowest BCUT2D eigenvalue weighted by atomic mass is 10.0. The SMILES string of the molecule is C.C=C/C=C(CC)\C(=C/C)CC.CC. The van der Waals surface area contributed by atoms with E-state index in [9.17, 15) is 0 Å². The van der Waals surface area contributed by atoms with E-state index in [1.54, 1.807) is 0 Å². The standard InChI is InChI=1S/C11H18.C2H6.CH4/c1-5-9-11(8-4)10(6-2)7-3;1-2;/h5-6,9H,1,7-8H2,2-4H3;1-2H3;1H4/b10-6-,11-9-;;. The molecule has 0 bridgehead atoms. The van der Waals surface area contributed by atoms with Crippen molar-refractivity contribution >= 4 is 0 Å². The van der Waals surface area contributed by atoms with Crippen LogP contribution in [0.1, 0.15) is 54.9 Å². The second-order valence-corrected chi connectivity index (χ2v) is 2.45. The van der Waals surface area contributed by atoms with Crippen LogP contribution in [0.25, 0.3) is 0 Å². The summed E-state index contributed by atoms with van der Waals surface area (Å²) in [4.78, 5) is 0. The van der Waals surface area contributed by atoms with Gasteiger partial charge >= 0.3 is 0 Å². The van der Waals surface area contributed by atoms with Crippen molar-refractivity contribution in [3.8, 4) is 0 Å². The maximum Gasteiger partial charge on any atom is -0.0305 e. The molecule has 0 rings (SSSR count). The van der Waals surface area contributed by atoms with Gasteiger partial charge in [-0.05, 0) is 30.9 Å². The van der Waals surface area contributed by atoms with Gasteiger partial charge in [-0.15, -0.1) is 0 Å². The highest BCUT2D eigenvalue weighted by molar-refractivity contribution is 5.32. The Morgan fingerprint density at radius 1 is 1.07 bits per heavy atom. The van der Waals surface area contributed by atoms with Crippen molar-refractivity contribution in [3.63, 3.8) is 0 Å². The molecule has 14 heavy (non-hydrogen) atoms. The lowest BCUT2D eigenvalue weighted by Crippen LogP contribution is -1.85. The molecule has 0 heterocycles. The van der Waals surface area contributed by atoms with E-state index >= 15 is 0 Å². The molecule has 0 N–H and O–H groups in total. The molecule has 84 valence electrons. The van der Waals surface area contributed by atoms with E-state index in [1.165, 1.54) is 11.1 Å². The number of hydrogen-bond donors (Lipinski definition) is 0. The monoisotopic (exact) mass is 196 g/mol. The molecule has 0 nitrogen and oxygen atoms in total. The summed E-state index contributed by atoms with van der Waals surface area (Å²) in [7, 11) is 0. The van der Waals surface area contributed by atoms with Crippen LogP contribution < -0.4 is 0 Å². The molecule has 0 aliphatic rings. The summed E-state index contributed by atoms with van der Waals surface area (Å²) in [5.41, 5.74) is 2.84. The Labute approximate surface area is 91.4 Å². The van der Waals surface area contributed by atoms with E-state index in [2.05, 4.69) is 39.5 Å². The lowest BCUT2D eigenvalue weighted by molar-refractivity contribution is 1.02. The fourth-order valence-electron chi connectivity index (χ4n) is 1.21. The predicted octanol–water partition coefficient (Wildman–Crippen LogP) is 5.53. The van der Waals surface area contributed by atoms with Gasteiger partial charge in [0.05, 0.1) is 0 Å². The third kappa shape index (κ3) is 7.85. The number of allylic oxidation sites excluding steroid dienone is 5. The molecular formula is C14H28. The molecule has 0 spiro atoms. The van der Waals surface area contributed by atoms with Gasteiger partial charge in [-0.25, -0.2) is 0 Å². The Balaban J connectivity index is -0.000000376. The van der Waals surface area contributed by atoms with Gasteiger partial charge in [0, 0.05) is 0 Å². The molecule has 0 saturated carbocycles. The number of hydrogen-bond acceptors (Lipinski definition) is 0. The van der Waals surface area contributed by atoms with Crippen molar-refractivity contribution in [3.05, 3.63) is 36.0 Å². The molecule has 0 aromatic rings. The first kappa shape index (κ1) is 18.9. The van der Waals surface area contributed by atoms with Crippen LogP contribution in [0.15, 0.2) is 36.0 Å². The van der Waals surface area contributed by atoms with Crippen molar-refractivity contribution < 1.29 is 0 Å². The molecule has 0 heteroatoms. The van der Waals surface area contributed by atoms with Gasteiger partial charge in [0.1, 0.15) is 0 Å². The maximum atomic E-state index is 3.70. The lowest BCUT2D eigenvalue weighted by Gasteiger charge is -2.05. The Kier molecular flexibility index (Phi) is 19.9. The summed E-state index contributed by atoms with van der Waals surface area (Å²) in [6.07, 6.45) is 8.35. The fraction of sp³-hybridized carbons (Fsp3) is 0.571. The van der Waals surface area contributed by atoms with Crippen molar-refractivity contribution in [1.82, 2.24) is 0 Å². The van der Waals surface area contributed by atoms with Gasteiger partial charge in [-0.3, -0.25) is 0 Å². The highest BCUT2D eigenvalue weighted by Crippen LogP contribution is 2.16. The molecule has 0 unspecified atom stereocenters.